The number of anilines is 2. The number of benzene rings is 2. The van der Waals surface area contributed by atoms with Gasteiger partial charge in [0, 0.05) is 5.38 Å². The van der Waals surface area contributed by atoms with Gasteiger partial charge in [-0.3, -0.25) is 14.3 Å². The number of amides is 1. The molecule has 26 heavy (non-hydrogen) atoms. The minimum Gasteiger partial charge on any atom is -0.408 e. The molecule has 0 saturated heterocycles. The van der Waals surface area contributed by atoms with E-state index in [0.29, 0.717) is 21.9 Å². The molecule has 130 valence electrons. The third kappa shape index (κ3) is 2.93. The lowest BCUT2D eigenvalue weighted by molar-refractivity contribution is -0.118. The third-order valence-corrected chi connectivity index (χ3v) is 4.87. The molecule has 0 spiro atoms. The van der Waals surface area contributed by atoms with E-state index in [1.807, 2.05) is 42.6 Å². The molecule has 0 aliphatic carbocycles. The van der Waals surface area contributed by atoms with E-state index in [9.17, 15) is 9.59 Å². The summed E-state index contributed by atoms with van der Waals surface area (Å²) in [6.07, 6.45) is 0. The lowest BCUT2D eigenvalue weighted by Crippen LogP contribution is -2.32. The topological polar surface area (TPSA) is 68.3 Å². The van der Waals surface area contributed by atoms with Gasteiger partial charge in [-0.2, -0.15) is 0 Å². The Bertz CT molecular complexity index is 1130. The Balaban J connectivity index is 1.75. The maximum Gasteiger partial charge on any atom is 0.420 e. The number of carbonyl (C=O) groups is 1. The molecule has 0 bridgehead atoms. The van der Waals surface area contributed by atoms with Crippen molar-refractivity contribution in [2.24, 2.45) is 0 Å². The Kier molecular flexibility index (Phi) is 4.14. The van der Waals surface area contributed by atoms with Gasteiger partial charge >= 0.3 is 5.76 Å². The van der Waals surface area contributed by atoms with Gasteiger partial charge in [0.2, 0.25) is 0 Å². The van der Waals surface area contributed by atoms with E-state index in [2.05, 4.69) is 4.98 Å². The van der Waals surface area contributed by atoms with Crippen LogP contribution >= 0.6 is 11.3 Å². The molecule has 2 aromatic carbocycles. The van der Waals surface area contributed by atoms with Crippen LogP contribution in [0.15, 0.2) is 69.2 Å². The largest absolute Gasteiger partial charge is 0.420 e. The van der Waals surface area contributed by atoms with Gasteiger partial charge in [-0.05, 0) is 31.2 Å². The summed E-state index contributed by atoms with van der Waals surface area (Å²) in [4.78, 5) is 31.3. The highest BCUT2D eigenvalue weighted by Gasteiger charge is 2.23. The van der Waals surface area contributed by atoms with Crippen LogP contribution in [-0.4, -0.2) is 15.5 Å². The summed E-state index contributed by atoms with van der Waals surface area (Å²) < 4.78 is 6.56. The number of thiazole rings is 1. The van der Waals surface area contributed by atoms with Crippen LogP contribution in [-0.2, 0) is 11.3 Å². The molecule has 0 aliphatic rings. The lowest BCUT2D eigenvalue weighted by atomic mass is 10.3. The fraction of sp³-hybridized carbons (Fsp3) is 0.105. The number of aromatic nitrogens is 2. The summed E-state index contributed by atoms with van der Waals surface area (Å²) in [5.74, 6) is -0.818. The number of nitrogens with zero attached hydrogens (tertiary/aromatic N) is 3. The predicted molar refractivity (Wildman–Crippen MR) is 101 cm³/mol. The SMILES string of the molecule is Cc1csc(N(C(=O)Cn2c(=O)oc3ccccc32)c2ccccc2)n1. The van der Waals surface area contributed by atoms with Crippen molar-refractivity contribution in [2.45, 2.75) is 13.5 Å². The Labute approximate surface area is 152 Å². The highest BCUT2D eigenvalue weighted by atomic mass is 32.1. The molecule has 0 saturated carbocycles. The van der Waals surface area contributed by atoms with Crippen LogP contribution in [0.25, 0.3) is 11.1 Å². The normalized spacial score (nSPS) is 11.0. The second-order valence-electron chi connectivity index (χ2n) is 5.76. The van der Waals surface area contributed by atoms with Gasteiger partial charge in [0.25, 0.3) is 5.91 Å². The fourth-order valence-electron chi connectivity index (χ4n) is 2.75. The van der Waals surface area contributed by atoms with Crippen LogP contribution in [0.4, 0.5) is 10.8 Å². The Morgan fingerprint density at radius 1 is 1.15 bits per heavy atom. The molecular formula is C19H15N3O3S. The zero-order valence-corrected chi connectivity index (χ0v) is 14.8. The van der Waals surface area contributed by atoms with Gasteiger partial charge in [0.05, 0.1) is 16.9 Å². The zero-order chi connectivity index (χ0) is 18.1. The zero-order valence-electron chi connectivity index (χ0n) is 14.0. The second-order valence-corrected chi connectivity index (χ2v) is 6.59. The first kappa shape index (κ1) is 16.3. The molecule has 1 amide bonds. The van der Waals surface area contributed by atoms with E-state index in [-0.39, 0.29) is 12.5 Å². The molecule has 7 heteroatoms. The van der Waals surface area contributed by atoms with E-state index >= 15 is 0 Å². The molecule has 0 N–H and O–H groups in total. The Morgan fingerprint density at radius 3 is 2.62 bits per heavy atom. The van der Waals surface area contributed by atoms with Crippen molar-refractivity contribution in [3.05, 3.63) is 76.2 Å². The van der Waals surface area contributed by atoms with Crippen molar-refractivity contribution < 1.29 is 9.21 Å². The molecule has 0 fully saturated rings. The first-order chi connectivity index (χ1) is 12.6. The number of fused-ring (bicyclic) bond motifs is 1. The minimum absolute atomic E-state index is 0.136. The van der Waals surface area contributed by atoms with Crippen LogP contribution in [0.5, 0.6) is 0 Å². The standard InChI is InChI=1S/C19H15N3O3S/c1-13-12-26-18(20-13)22(14-7-3-2-4-8-14)17(23)11-21-15-9-5-6-10-16(15)25-19(21)24/h2-10,12H,11H2,1H3. The van der Waals surface area contributed by atoms with E-state index in [1.165, 1.54) is 20.8 Å². The number of hydrogen-bond donors (Lipinski definition) is 0. The average Bonchev–Trinajstić information content (AvgIpc) is 3.20. The van der Waals surface area contributed by atoms with Gasteiger partial charge in [-0.15, -0.1) is 11.3 Å². The number of aryl methyl sites for hydroxylation is 1. The van der Waals surface area contributed by atoms with E-state index in [4.69, 9.17) is 4.42 Å². The highest BCUT2D eigenvalue weighted by molar-refractivity contribution is 7.14. The predicted octanol–water partition coefficient (Wildman–Crippen LogP) is 3.72. The fourth-order valence-corrected chi connectivity index (χ4v) is 3.59. The van der Waals surface area contributed by atoms with Crippen molar-refractivity contribution in [2.75, 3.05) is 4.90 Å². The molecule has 2 heterocycles. The van der Waals surface area contributed by atoms with Crippen molar-refractivity contribution in [3.63, 3.8) is 0 Å². The summed E-state index contributed by atoms with van der Waals surface area (Å²) in [5, 5.41) is 2.46. The summed E-state index contributed by atoms with van der Waals surface area (Å²) in [7, 11) is 0. The van der Waals surface area contributed by atoms with Crippen LogP contribution in [0, 0.1) is 6.92 Å². The van der Waals surface area contributed by atoms with Crippen LogP contribution in [0.3, 0.4) is 0 Å². The second kappa shape index (κ2) is 6.61. The summed E-state index contributed by atoms with van der Waals surface area (Å²) in [6, 6.07) is 16.3. The van der Waals surface area contributed by atoms with E-state index in [0.717, 1.165) is 5.69 Å². The highest BCUT2D eigenvalue weighted by Crippen LogP contribution is 2.29. The third-order valence-electron chi connectivity index (χ3n) is 3.93. The maximum atomic E-state index is 13.1. The van der Waals surface area contributed by atoms with Gasteiger partial charge in [-0.25, -0.2) is 9.78 Å². The molecule has 4 rings (SSSR count). The Hall–Kier alpha value is -3.19. The van der Waals surface area contributed by atoms with Crippen LogP contribution < -0.4 is 10.7 Å². The Morgan fingerprint density at radius 2 is 1.88 bits per heavy atom. The summed E-state index contributed by atoms with van der Waals surface area (Å²) >= 11 is 1.38. The number of hydrogen-bond acceptors (Lipinski definition) is 5. The smallest absolute Gasteiger partial charge is 0.408 e. The average molecular weight is 365 g/mol. The van der Waals surface area contributed by atoms with Crippen molar-refractivity contribution in [3.8, 4) is 0 Å². The first-order valence-electron chi connectivity index (χ1n) is 8.02. The molecule has 0 atom stereocenters. The van der Waals surface area contributed by atoms with Crippen molar-refractivity contribution in [1.29, 1.82) is 0 Å². The number of oxazole rings is 1. The van der Waals surface area contributed by atoms with E-state index in [1.54, 1.807) is 24.3 Å². The molecule has 2 aromatic heterocycles. The lowest BCUT2D eigenvalue weighted by Gasteiger charge is -2.20. The molecule has 6 nitrogen and oxygen atoms in total. The quantitative estimate of drug-likeness (QED) is 0.553. The number of carbonyl (C=O) groups excluding carboxylic acids is 1. The van der Waals surface area contributed by atoms with Crippen molar-refractivity contribution in [1.82, 2.24) is 9.55 Å². The molecular weight excluding hydrogens is 350 g/mol. The first-order valence-corrected chi connectivity index (χ1v) is 8.90. The van der Waals surface area contributed by atoms with Crippen LogP contribution in [0.1, 0.15) is 5.69 Å². The van der Waals surface area contributed by atoms with Gasteiger partial charge in [0.15, 0.2) is 10.7 Å². The monoisotopic (exact) mass is 365 g/mol. The number of para-hydroxylation sites is 3. The van der Waals surface area contributed by atoms with Gasteiger partial charge in [0.1, 0.15) is 6.54 Å². The van der Waals surface area contributed by atoms with Gasteiger partial charge in [-0.1, -0.05) is 30.3 Å². The van der Waals surface area contributed by atoms with Crippen LogP contribution in [0.2, 0.25) is 0 Å². The number of rotatable bonds is 4. The summed E-state index contributed by atoms with van der Waals surface area (Å²) in [5.41, 5.74) is 2.59. The maximum absolute atomic E-state index is 13.1. The van der Waals surface area contributed by atoms with Gasteiger partial charge < -0.3 is 4.42 Å². The summed E-state index contributed by atoms with van der Waals surface area (Å²) in [6.45, 7) is 1.74. The molecule has 0 aliphatic heterocycles. The molecule has 0 unspecified atom stereocenters. The van der Waals surface area contributed by atoms with Crippen molar-refractivity contribution >= 4 is 39.2 Å². The minimum atomic E-state index is -0.553. The van der Waals surface area contributed by atoms with E-state index < -0.39 is 5.76 Å². The molecule has 0 radical (unpaired) electrons. The molecule has 4 aromatic rings.